The van der Waals surface area contributed by atoms with Crippen LogP contribution in [0.25, 0.3) is 0 Å². The van der Waals surface area contributed by atoms with Crippen LogP contribution in [0.1, 0.15) is 29.3 Å². The number of rotatable bonds is 5. The fourth-order valence-electron chi connectivity index (χ4n) is 6.21. The molecule has 0 unspecified atom stereocenters. The lowest BCUT2D eigenvalue weighted by atomic mass is 9.63. The van der Waals surface area contributed by atoms with Gasteiger partial charge in [0.25, 0.3) is 5.91 Å². The maximum absolute atomic E-state index is 13.5. The van der Waals surface area contributed by atoms with E-state index in [1.165, 1.54) is 10.5 Å². The molecule has 0 N–H and O–H groups in total. The first-order chi connectivity index (χ1) is 15.6. The maximum atomic E-state index is 13.5. The molecule has 5 heteroatoms. The lowest BCUT2D eigenvalue weighted by molar-refractivity contribution is -0.140. The minimum Gasteiger partial charge on any atom is -0.290 e. The molecule has 162 valence electrons. The van der Waals surface area contributed by atoms with E-state index in [9.17, 15) is 14.4 Å². The number of likely N-dealkylation sites (tertiary alicyclic amines) is 1. The van der Waals surface area contributed by atoms with Crippen molar-refractivity contribution in [2.45, 2.75) is 19.8 Å². The maximum Gasteiger partial charge on any atom is 0.259 e. The Morgan fingerprint density at radius 2 is 1.50 bits per heavy atom. The van der Waals surface area contributed by atoms with Crippen LogP contribution < -0.4 is 4.90 Å². The zero-order valence-corrected chi connectivity index (χ0v) is 18.1. The van der Waals surface area contributed by atoms with Crippen LogP contribution in [0.15, 0.2) is 66.7 Å². The van der Waals surface area contributed by atoms with E-state index in [0.717, 1.165) is 12.8 Å². The molecule has 1 aliphatic heterocycles. The molecule has 0 aromatic heterocycles. The van der Waals surface area contributed by atoms with Crippen LogP contribution in [0.2, 0.25) is 0 Å². The Bertz CT molecular complexity index is 1090. The Kier molecular flexibility index (Phi) is 4.36. The monoisotopic (exact) mass is 426 g/mol. The zero-order valence-electron chi connectivity index (χ0n) is 18.1. The molecule has 5 nitrogen and oxygen atoms in total. The number of imide groups is 1. The van der Waals surface area contributed by atoms with Crippen LogP contribution in [0, 0.1) is 35.5 Å². The Hall–Kier alpha value is -3.21. The van der Waals surface area contributed by atoms with Crippen LogP contribution in [0.5, 0.6) is 0 Å². The summed E-state index contributed by atoms with van der Waals surface area (Å²) >= 11 is 0. The Balaban J connectivity index is 1.33. The standard InChI is InChI=1S/C27H26N2O3/c1-2-16-8-10-18(11-9-16)28(25(30)17-6-4-3-5-7-17)15-29-26(31)23-19-12-13-20(22-14-21(19)22)24(23)27(29)32/h3-13,19-24H,2,14-15H2,1H3/t19-,20-,21-,22+,23-,24+/m0/s1. The SMILES string of the molecule is CCc1ccc(N(CN2C(=O)[C@@H]3[C@H]4C=C[C@@H]([C@@H]5C[C@H]45)[C@@H]3C2=O)C(=O)c2ccccc2)cc1. The molecule has 3 fully saturated rings. The highest BCUT2D eigenvalue weighted by Gasteiger charge is 2.67. The summed E-state index contributed by atoms with van der Waals surface area (Å²) in [5.41, 5.74) is 2.39. The third kappa shape index (κ3) is 2.80. The molecule has 2 aromatic rings. The molecule has 7 rings (SSSR count). The Morgan fingerprint density at radius 1 is 0.906 bits per heavy atom. The highest BCUT2D eigenvalue weighted by Crippen LogP contribution is 2.65. The van der Waals surface area contributed by atoms with Crippen molar-refractivity contribution >= 4 is 23.4 Å². The number of aryl methyl sites for hydroxylation is 1. The van der Waals surface area contributed by atoms with Crippen molar-refractivity contribution in [3.05, 3.63) is 77.9 Å². The van der Waals surface area contributed by atoms with Gasteiger partial charge < -0.3 is 0 Å². The van der Waals surface area contributed by atoms with Crippen molar-refractivity contribution in [1.29, 1.82) is 0 Å². The molecular weight excluding hydrogens is 400 g/mol. The first-order valence-corrected chi connectivity index (χ1v) is 11.6. The summed E-state index contributed by atoms with van der Waals surface area (Å²) in [4.78, 5) is 43.3. The van der Waals surface area contributed by atoms with Crippen molar-refractivity contribution < 1.29 is 14.4 Å². The van der Waals surface area contributed by atoms with Gasteiger partial charge in [0.1, 0.15) is 6.67 Å². The Morgan fingerprint density at radius 3 is 2.06 bits per heavy atom. The molecule has 32 heavy (non-hydrogen) atoms. The number of amides is 3. The van der Waals surface area contributed by atoms with Gasteiger partial charge in [-0.2, -0.15) is 0 Å². The number of carbonyl (C=O) groups is 3. The van der Waals surface area contributed by atoms with E-state index < -0.39 is 0 Å². The number of nitrogens with zero attached hydrogens (tertiary/aromatic N) is 2. The number of hydrogen-bond acceptors (Lipinski definition) is 3. The third-order valence-electron chi connectivity index (χ3n) is 7.96. The summed E-state index contributed by atoms with van der Waals surface area (Å²) in [5, 5.41) is 0. The van der Waals surface area contributed by atoms with Crippen LogP contribution in [0.3, 0.4) is 0 Å². The molecule has 6 atom stereocenters. The minimum absolute atomic E-state index is 0.0430. The summed E-state index contributed by atoms with van der Waals surface area (Å²) in [6, 6.07) is 16.8. The van der Waals surface area contributed by atoms with Gasteiger partial charge in [0.2, 0.25) is 11.8 Å². The molecule has 0 spiro atoms. The number of carbonyl (C=O) groups excluding carboxylic acids is 3. The third-order valence-corrected chi connectivity index (χ3v) is 7.96. The number of benzene rings is 2. The predicted octanol–water partition coefficient (Wildman–Crippen LogP) is 3.91. The summed E-state index contributed by atoms with van der Waals surface area (Å²) in [6.07, 6.45) is 6.38. The average molecular weight is 427 g/mol. The molecule has 5 aliphatic rings. The fourth-order valence-corrected chi connectivity index (χ4v) is 6.21. The largest absolute Gasteiger partial charge is 0.290 e. The second-order valence-corrected chi connectivity index (χ2v) is 9.52. The van der Waals surface area contributed by atoms with Gasteiger partial charge in [-0.1, -0.05) is 49.4 Å². The van der Waals surface area contributed by atoms with E-state index in [1.54, 1.807) is 17.0 Å². The fraction of sp³-hybridized carbons (Fsp3) is 0.370. The molecule has 4 aliphatic carbocycles. The van der Waals surface area contributed by atoms with Crippen LogP contribution in [-0.2, 0) is 16.0 Å². The highest BCUT2D eigenvalue weighted by molar-refractivity contribution is 6.09. The van der Waals surface area contributed by atoms with Crippen molar-refractivity contribution in [2.24, 2.45) is 35.5 Å². The quantitative estimate of drug-likeness (QED) is 0.538. The van der Waals surface area contributed by atoms with E-state index in [-0.39, 0.29) is 48.1 Å². The summed E-state index contributed by atoms with van der Waals surface area (Å²) in [5.74, 6) is 0.542. The molecule has 2 saturated carbocycles. The first-order valence-electron chi connectivity index (χ1n) is 11.6. The van der Waals surface area contributed by atoms with E-state index in [4.69, 9.17) is 0 Å². The number of hydrogen-bond donors (Lipinski definition) is 0. The van der Waals surface area contributed by atoms with Crippen molar-refractivity contribution in [1.82, 2.24) is 4.90 Å². The summed E-state index contributed by atoms with van der Waals surface area (Å²) < 4.78 is 0. The van der Waals surface area contributed by atoms with E-state index in [1.807, 2.05) is 42.5 Å². The van der Waals surface area contributed by atoms with Gasteiger partial charge in [-0.3, -0.25) is 24.2 Å². The smallest absolute Gasteiger partial charge is 0.259 e. The van der Waals surface area contributed by atoms with Crippen LogP contribution in [-0.4, -0.2) is 29.3 Å². The lowest BCUT2D eigenvalue weighted by Gasteiger charge is -2.37. The first kappa shape index (κ1) is 19.5. The molecule has 0 radical (unpaired) electrons. The van der Waals surface area contributed by atoms with Crippen molar-refractivity contribution in [2.75, 3.05) is 11.6 Å². The van der Waals surface area contributed by atoms with Gasteiger partial charge in [-0.25, -0.2) is 0 Å². The minimum atomic E-state index is -0.252. The van der Waals surface area contributed by atoms with Gasteiger partial charge in [0, 0.05) is 11.3 Å². The molecule has 2 aromatic carbocycles. The topological polar surface area (TPSA) is 57.7 Å². The van der Waals surface area contributed by atoms with Gasteiger partial charge >= 0.3 is 0 Å². The molecule has 1 saturated heterocycles. The van der Waals surface area contributed by atoms with Crippen molar-refractivity contribution in [3.8, 4) is 0 Å². The van der Waals surface area contributed by atoms with E-state index >= 15 is 0 Å². The zero-order chi connectivity index (χ0) is 22.0. The number of anilines is 1. The van der Waals surface area contributed by atoms with Crippen LogP contribution in [0.4, 0.5) is 5.69 Å². The molecular formula is C27H26N2O3. The second-order valence-electron chi connectivity index (χ2n) is 9.52. The average Bonchev–Trinajstić information content (AvgIpc) is 3.63. The normalized spacial score (nSPS) is 31.5. The lowest BCUT2D eigenvalue weighted by Crippen LogP contribution is -2.45. The van der Waals surface area contributed by atoms with Gasteiger partial charge in [-0.15, -0.1) is 0 Å². The van der Waals surface area contributed by atoms with Gasteiger partial charge in [0.15, 0.2) is 0 Å². The van der Waals surface area contributed by atoms with E-state index in [0.29, 0.717) is 23.1 Å². The van der Waals surface area contributed by atoms with Gasteiger partial charge in [-0.05, 0) is 66.3 Å². The second kappa shape index (κ2) is 7.16. The van der Waals surface area contributed by atoms with Crippen molar-refractivity contribution in [3.63, 3.8) is 0 Å². The molecule has 1 heterocycles. The van der Waals surface area contributed by atoms with Gasteiger partial charge in [0.05, 0.1) is 11.8 Å². The summed E-state index contributed by atoms with van der Waals surface area (Å²) in [6.45, 7) is 2.04. The highest BCUT2D eigenvalue weighted by atomic mass is 16.2. The number of allylic oxidation sites excluding steroid dienone is 2. The Labute approximate surface area is 187 Å². The summed E-state index contributed by atoms with van der Waals surface area (Å²) in [7, 11) is 0. The molecule has 3 amide bonds. The molecule has 2 bridgehead atoms. The predicted molar refractivity (Wildman–Crippen MR) is 120 cm³/mol. The van der Waals surface area contributed by atoms with E-state index in [2.05, 4.69) is 19.1 Å². The van der Waals surface area contributed by atoms with Crippen LogP contribution >= 0.6 is 0 Å².